The minimum absolute atomic E-state index is 0.445. The number of benzene rings is 1. The molecule has 0 aliphatic rings. The van der Waals surface area contributed by atoms with Crippen LogP contribution in [0.4, 0.5) is 13.2 Å². The number of nitrogens with zero attached hydrogens (tertiary/aromatic N) is 1. The highest BCUT2D eigenvalue weighted by Gasteiger charge is 2.41. The Bertz CT molecular complexity index is 669. The third-order valence-corrected chi connectivity index (χ3v) is 2.98. The molecule has 110 valence electrons. The van der Waals surface area contributed by atoms with Crippen LogP contribution in [0.3, 0.4) is 0 Å². The van der Waals surface area contributed by atoms with Gasteiger partial charge in [0.25, 0.3) is 5.78 Å². The predicted octanol–water partition coefficient (Wildman–Crippen LogP) is 4.01. The van der Waals surface area contributed by atoms with Gasteiger partial charge >= 0.3 is 6.18 Å². The Morgan fingerprint density at radius 1 is 1.19 bits per heavy atom. The Labute approximate surface area is 119 Å². The first-order chi connectivity index (χ1) is 9.88. The molecular formula is C15H12F3NO2. The molecule has 2 rings (SSSR count). The number of Topliss-reactive ketones (excluding diaryl/α,β-unsaturated/α-hetero) is 1. The van der Waals surface area contributed by atoms with Crippen LogP contribution in [0.25, 0.3) is 17.5 Å². The van der Waals surface area contributed by atoms with Crippen molar-refractivity contribution in [3.63, 3.8) is 0 Å². The lowest BCUT2D eigenvalue weighted by Crippen LogP contribution is -2.24. The van der Waals surface area contributed by atoms with Crippen molar-refractivity contribution in [3.05, 3.63) is 48.7 Å². The predicted molar refractivity (Wildman–Crippen MR) is 73.2 cm³/mol. The van der Waals surface area contributed by atoms with Gasteiger partial charge in [0.15, 0.2) is 0 Å². The smallest absolute Gasteiger partial charge is 0.456 e. The molecule has 0 aliphatic heterocycles. The molecule has 3 nitrogen and oxygen atoms in total. The molecule has 21 heavy (non-hydrogen) atoms. The molecule has 1 heterocycles. The van der Waals surface area contributed by atoms with E-state index >= 15 is 0 Å². The van der Waals surface area contributed by atoms with Gasteiger partial charge in [0.1, 0.15) is 5.75 Å². The second kappa shape index (κ2) is 5.47. The molecule has 6 heteroatoms. The van der Waals surface area contributed by atoms with E-state index in [9.17, 15) is 18.0 Å². The Kier molecular flexibility index (Phi) is 3.88. The maximum Gasteiger partial charge on any atom is 0.456 e. The number of carbonyl (C=O) groups is 1. The third-order valence-electron chi connectivity index (χ3n) is 2.98. The Hall–Kier alpha value is -2.50. The summed E-state index contributed by atoms with van der Waals surface area (Å²) in [5.74, 6) is -1.27. The van der Waals surface area contributed by atoms with E-state index in [-0.39, 0.29) is 0 Å². The fourth-order valence-electron chi connectivity index (χ4n) is 1.97. The quantitative estimate of drug-likeness (QED) is 0.798. The SMILES string of the molecule is C=Cn1c(C(=O)C(F)(F)F)ccc1-c1ccc(OC)cc1. The molecule has 0 fully saturated rings. The fourth-order valence-corrected chi connectivity index (χ4v) is 1.97. The molecule has 0 radical (unpaired) electrons. The van der Waals surface area contributed by atoms with Gasteiger partial charge in [0.05, 0.1) is 18.5 Å². The molecule has 0 spiro atoms. The average molecular weight is 295 g/mol. The standard InChI is InChI=1S/C15H12F3NO2/c1-3-19-12(10-4-6-11(21-2)7-5-10)8-9-13(19)14(20)15(16,17)18/h3-9H,1H2,2H3. The van der Waals surface area contributed by atoms with Crippen LogP contribution in [0, 0.1) is 0 Å². The number of halogens is 3. The molecule has 1 aromatic carbocycles. The van der Waals surface area contributed by atoms with Crippen LogP contribution in [0.5, 0.6) is 5.75 Å². The zero-order chi connectivity index (χ0) is 15.6. The second-order valence-electron chi connectivity index (χ2n) is 4.21. The Balaban J connectivity index is 2.48. The number of alkyl halides is 3. The van der Waals surface area contributed by atoms with Gasteiger partial charge in [-0.25, -0.2) is 0 Å². The number of methoxy groups -OCH3 is 1. The van der Waals surface area contributed by atoms with Crippen molar-refractivity contribution < 1.29 is 22.7 Å². The second-order valence-corrected chi connectivity index (χ2v) is 4.21. The Morgan fingerprint density at radius 3 is 2.29 bits per heavy atom. The molecule has 0 bridgehead atoms. The largest absolute Gasteiger partial charge is 0.497 e. The van der Waals surface area contributed by atoms with E-state index in [0.29, 0.717) is 17.0 Å². The summed E-state index contributed by atoms with van der Waals surface area (Å²) in [7, 11) is 1.52. The van der Waals surface area contributed by atoms with Crippen molar-refractivity contribution >= 4 is 12.0 Å². The number of hydrogen-bond donors (Lipinski definition) is 0. The van der Waals surface area contributed by atoms with Crippen molar-refractivity contribution in [2.45, 2.75) is 6.18 Å². The first-order valence-corrected chi connectivity index (χ1v) is 5.98. The zero-order valence-corrected chi connectivity index (χ0v) is 11.1. The topological polar surface area (TPSA) is 31.2 Å². The van der Waals surface area contributed by atoms with Crippen molar-refractivity contribution in [2.75, 3.05) is 7.11 Å². The highest BCUT2D eigenvalue weighted by Crippen LogP contribution is 2.28. The summed E-state index contributed by atoms with van der Waals surface area (Å²) < 4.78 is 43.8. The molecule has 1 aromatic heterocycles. The third kappa shape index (κ3) is 2.84. The highest BCUT2D eigenvalue weighted by molar-refractivity contribution is 6.00. The van der Waals surface area contributed by atoms with E-state index in [0.717, 1.165) is 10.6 Å². The minimum Gasteiger partial charge on any atom is -0.497 e. The van der Waals surface area contributed by atoms with Gasteiger partial charge in [-0.2, -0.15) is 13.2 Å². The zero-order valence-electron chi connectivity index (χ0n) is 11.1. The molecule has 0 N–H and O–H groups in total. The van der Waals surface area contributed by atoms with Gasteiger partial charge in [0.2, 0.25) is 0 Å². The van der Waals surface area contributed by atoms with Crippen LogP contribution >= 0.6 is 0 Å². The summed E-state index contributed by atoms with van der Waals surface area (Å²) in [6, 6.07) is 9.33. The van der Waals surface area contributed by atoms with Crippen LogP contribution in [0.2, 0.25) is 0 Å². The maximum absolute atomic E-state index is 12.5. The summed E-state index contributed by atoms with van der Waals surface area (Å²) in [6.45, 7) is 3.47. The molecule has 2 aromatic rings. The number of aromatic nitrogens is 1. The van der Waals surface area contributed by atoms with Gasteiger partial charge in [0, 0.05) is 6.20 Å². The lowest BCUT2D eigenvalue weighted by molar-refractivity contribution is -0.0889. The molecule has 0 unspecified atom stereocenters. The first kappa shape index (κ1) is 14.9. The van der Waals surface area contributed by atoms with Crippen molar-refractivity contribution in [3.8, 4) is 17.0 Å². The summed E-state index contributed by atoms with van der Waals surface area (Å²) >= 11 is 0. The monoisotopic (exact) mass is 295 g/mol. The number of ether oxygens (including phenoxy) is 1. The minimum atomic E-state index is -4.92. The summed E-state index contributed by atoms with van der Waals surface area (Å²) in [4.78, 5) is 11.4. The fraction of sp³-hybridized carbons (Fsp3) is 0.133. The van der Waals surface area contributed by atoms with Crippen LogP contribution in [0.1, 0.15) is 10.5 Å². The summed E-state index contributed by atoms with van der Waals surface area (Å²) in [5, 5.41) is 0. The summed E-state index contributed by atoms with van der Waals surface area (Å²) in [5.41, 5.74) is 0.625. The normalized spacial score (nSPS) is 11.2. The van der Waals surface area contributed by atoms with Gasteiger partial charge in [-0.3, -0.25) is 4.79 Å². The van der Waals surface area contributed by atoms with E-state index in [1.54, 1.807) is 24.3 Å². The van der Waals surface area contributed by atoms with Crippen molar-refractivity contribution in [2.24, 2.45) is 0 Å². The Morgan fingerprint density at radius 2 is 1.81 bits per heavy atom. The van der Waals surface area contributed by atoms with Crippen LogP contribution in [0.15, 0.2) is 43.0 Å². The molecule has 0 aliphatic carbocycles. The van der Waals surface area contributed by atoms with E-state index < -0.39 is 17.7 Å². The molecule has 0 amide bonds. The summed E-state index contributed by atoms with van der Waals surface area (Å²) in [6.07, 6.45) is -3.74. The van der Waals surface area contributed by atoms with Gasteiger partial charge in [-0.05, 0) is 42.0 Å². The molecule has 0 saturated heterocycles. The lowest BCUT2D eigenvalue weighted by Gasteiger charge is -2.10. The van der Waals surface area contributed by atoms with Gasteiger partial charge in [-0.15, -0.1) is 0 Å². The van der Waals surface area contributed by atoms with Crippen molar-refractivity contribution in [1.29, 1.82) is 0 Å². The van der Waals surface area contributed by atoms with E-state index in [2.05, 4.69) is 6.58 Å². The number of carbonyl (C=O) groups excluding carboxylic acids is 1. The number of rotatable bonds is 4. The van der Waals surface area contributed by atoms with Gasteiger partial charge in [-0.1, -0.05) is 6.58 Å². The molecule has 0 atom stereocenters. The lowest BCUT2D eigenvalue weighted by atomic mass is 10.1. The average Bonchev–Trinajstić information content (AvgIpc) is 2.89. The van der Waals surface area contributed by atoms with Crippen LogP contribution < -0.4 is 4.74 Å². The number of hydrogen-bond acceptors (Lipinski definition) is 2. The maximum atomic E-state index is 12.5. The van der Waals surface area contributed by atoms with E-state index in [1.165, 1.54) is 19.4 Å². The van der Waals surface area contributed by atoms with E-state index in [4.69, 9.17) is 4.74 Å². The molecular weight excluding hydrogens is 283 g/mol. The van der Waals surface area contributed by atoms with Gasteiger partial charge < -0.3 is 9.30 Å². The van der Waals surface area contributed by atoms with E-state index in [1.807, 2.05) is 0 Å². The highest BCUT2D eigenvalue weighted by atomic mass is 19.4. The first-order valence-electron chi connectivity index (χ1n) is 5.98. The number of ketones is 1. The van der Waals surface area contributed by atoms with Crippen LogP contribution in [-0.2, 0) is 0 Å². The molecule has 0 saturated carbocycles. The van der Waals surface area contributed by atoms with Crippen molar-refractivity contribution in [1.82, 2.24) is 4.57 Å². The van der Waals surface area contributed by atoms with Crippen LogP contribution in [-0.4, -0.2) is 23.6 Å².